The lowest BCUT2D eigenvalue weighted by Gasteiger charge is -2.68. The van der Waals surface area contributed by atoms with Crippen molar-refractivity contribution in [3.05, 3.63) is 12.7 Å². The average molecular weight is 586 g/mol. The molecule has 7 nitrogen and oxygen atoms in total. The molecular formula is C35H57N2O5+. The number of aliphatic hydroxyl groups is 1. The van der Waals surface area contributed by atoms with Crippen molar-refractivity contribution in [3.8, 4) is 0 Å². The summed E-state index contributed by atoms with van der Waals surface area (Å²) in [5.41, 5.74) is -0.0809. The first-order valence-corrected chi connectivity index (χ1v) is 17.2. The summed E-state index contributed by atoms with van der Waals surface area (Å²) in [6, 6.07) is 0. The molecule has 236 valence electrons. The van der Waals surface area contributed by atoms with Gasteiger partial charge in [-0.05, 0) is 93.0 Å². The van der Waals surface area contributed by atoms with Gasteiger partial charge in [0.1, 0.15) is 6.10 Å². The van der Waals surface area contributed by atoms with E-state index in [-0.39, 0.29) is 46.7 Å². The van der Waals surface area contributed by atoms with Crippen molar-refractivity contribution in [1.82, 2.24) is 4.90 Å². The predicted molar refractivity (Wildman–Crippen MR) is 162 cm³/mol. The molecule has 0 aromatic heterocycles. The molecule has 6 aliphatic rings. The smallest absolute Gasteiger partial charge is 0.303 e. The van der Waals surface area contributed by atoms with E-state index in [4.69, 9.17) is 9.47 Å². The number of nitrogens with zero attached hydrogens (tertiary/aromatic N) is 2. The van der Waals surface area contributed by atoms with E-state index < -0.39 is 0 Å². The number of aliphatic hydroxyl groups excluding tert-OH is 1. The predicted octanol–water partition coefficient (Wildman–Crippen LogP) is 5.45. The third-order valence-electron chi connectivity index (χ3n) is 14.0. The number of carbonyl (C=O) groups excluding carboxylic acids is 2. The Kier molecular flexibility index (Phi) is 8.13. The molecule has 0 radical (unpaired) electrons. The summed E-state index contributed by atoms with van der Waals surface area (Å²) in [5.74, 6) is 2.13. The van der Waals surface area contributed by atoms with E-state index in [2.05, 4.69) is 31.4 Å². The number of likely N-dealkylation sites (tertiary alicyclic amines) is 2. The summed E-state index contributed by atoms with van der Waals surface area (Å²) in [5, 5.41) is 10.6. The molecular weight excluding hydrogens is 528 g/mol. The van der Waals surface area contributed by atoms with E-state index in [0.717, 1.165) is 82.2 Å². The fourth-order valence-corrected chi connectivity index (χ4v) is 12.3. The number of rotatable bonds is 6. The quantitative estimate of drug-likeness (QED) is 0.254. The van der Waals surface area contributed by atoms with Gasteiger partial charge in [0.05, 0.1) is 25.7 Å². The lowest BCUT2D eigenvalue weighted by Crippen LogP contribution is -2.80. The minimum Gasteiger partial charge on any atom is -0.462 e. The van der Waals surface area contributed by atoms with E-state index in [1.54, 1.807) is 13.8 Å². The number of quaternary nitrogens is 1. The summed E-state index contributed by atoms with van der Waals surface area (Å²) >= 11 is 0. The van der Waals surface area contributed by atoms with Crippen LogP contribution in [0, 0.1) is 34.5 Å². The first kappa shape index (κ1) is 30.6. The fraction of sp³-hybridized carbons (Fsp3) is 0.886. The van der Waals surface area contributed by atoms with E-state index in [0.29, 0.717) is 23.7 Å². The highest BCUT2D eigenvalue weighted by atomic mass is 16.5. The second kappa shape index (κ2) is 11.2. The Morgan fingerprint density at radius 3 is 2.19 bits per heavy atom. The van der Waals surface area contributed by atoms with Crippen LogP contribution < -0.4 is 0 Å². The molecule has 2 aliphatic heterocycles. The molecule has 42 heavy (non-hydrogen) atoms. The number of carbonyl (C=O) groups is 2. The lowest BCUT2D eigenvalue weighted by molar-refractivity contribution is -0.981. The largest absolute Gasteiger partial charge is 0.462 e. The van der Waals surface area contributed by atoms with Crippen molar-refractivity contribution < 1.29 is 28.7 Å². The van der Waals surface area contributed by atoms with Crippen LogP contribution >= 0.6 is 0 Å². The van der Waals surface area contributed by atoms with Crippen molar-refractivity contribution in [2.45, 2.75) is 129 Å². The zero-order chi connectivity index (χ0) is 29.9. The topological polar surface area (TPSA) is 76.1 Å². The van der Waals surface area contributed by atoms with Gasteiger partial charge in [0.25, 0.3) is 0 Å². The van der Waals surface area contributed by atoms with Crippen molar-refractivity contribution in [2.75, 3.05) is 32.7 Å². The molecule has 0 amide bonds. The maximum absolute atomic E-state index is 12.8. The van der Waals surface area contributed by atoms with E-state index in [1.165, 1.54) is 32.1 Å². The summed E-state index contributed by atoms with van der Waals surface area (Å²) in [7, 11) is 0. The van der Waals surface area contributed by atoms with Gasteiger partial charge >= 0.3 is 11.9 Å². The van der Waals surface area contributed by atoms with Crippen LogP contribution in [0.4, 0.5) is 0 Å². The molecule has 6 rings (SSSR count). The van der Waals surface area contributed by atoms with Gasteiger partial charge in [0, 0.05) is 51.6 Å². The second-order valence-electron chi connectivity index (χ2n) is 15.8. The molecule has 0 aromatic carbocycles. The first-order chi connectivity index (χ1) is 20.0. The van der Waals surface area contributed by atoms with Crippen LogP contribution in [-0.2, 0) is 19.1 Å². The molecule has 7 heteroatoms. The molecule has 2 heterocycles. The molecule has 9 atom stereocenters. The van der Waals surface area contributed by atoms with Crippen molar-refractivity contribution in [3.63, 3.8) is 0 Å². The zero-order valence-corrected chi connectivity index (χ0v) is 26.8. The minimum absolute atomic E-state index is 0.0519. The summed E-state index contributed by atoms with van der Waals surface area (Å²) < 4.78 is 13.4. The van der Waals surface area contributed by atoms with Gasteiger partial charge in [-0.15, -0.1) is 0 Å². The number of esters is 2. The van der Waals surface area contributed by atoms with Crippen molar-refractivity contribution >= 4 is 11.9 Å². The standard InChI is InChI=1S/C35H57N2O5/c1-6-19-37(20-7-8-21-37)35(36-17-14-27(40)15-18-36)23-34(5)26(22-32(35)42-25(3)39)9-10-28-29-11-12-31(41-24(2)38)33(29,4)16-13-30(28)34/h6,26-32,40H,1,7-23H2,2-5H3/q+1/t26?,28-,29-,30+,31?,32?,33-,34-,35?/m0/s1. The third kappa shape index (κ3) is 4.62. The second-order valence-corrected chi connectivity index (χ2v) is 15.8. The molecule has 0 bridgehead atoms. The molecule has 1 N–H and O–H groups in total. The van der Waals surface area contributed by atoms with E-state index in [9.17, 15) is 14.7 Å². The number of hydrogen-bond acceptors (Lipinski definition) is 6. The van der Waals surface area contributed by atoms with E-state index >= 15 is 0 Å². The lowest BCUT2D eigenvalue weighted by atomic mass is 9.43. The highest BCUT2D eigenvalue weighted by Crippen LogP contribution is 2.69. The molecule has 0 spiro atoms. The minimum atomic E-state index is -0.305. The molecule has 4 aliphatic carbocycles. The number of piperidine rings is 1. The molecule has 4 unspecified atom stereocenters. The van der Waals surface area contributed by atoms with Gasteiger partial charge in [-0.1, -0.05) is 20.4 Å². The van der Waals surface area contributed by atoms with Gasteiger partial charge in [-0.3, -0.25) is 14.1 Å². The Bertz CT molecular complexity index is 1050. The SMILES string of the molecule is C=CC[N+]1(C2(N3CCC(O)CC3)C[C@@]3(C)C(CC[C@@H]4[C@H]3CC[C@]3(C)C(OC(C)=O)CC[C@@H]43)CC2OC(C)=O)CCCC1. The van der Waals surface area contributed by atoms with Crippen LogP contribution in [0.1, 0.15) is 105 Å². The van der Waals surface area contributed by atoms with E-state index in [1.807, 2.05) is 0 Å². The van der Waals surface area contributed by atoms with Crippen LogP contribution in [-0.4, -0.2) is 83.1 Å². The number of hydrogen-bond donors (Lipinski definition) is 1. The Hall–Kier alpha value is -1.44. The number of ether oxygens (including phenoxy) is 2. The van der Waals surface area contributed by atoms with Gasteiger partial charge in [0.15, 0.2) is 11.8 Å². The van der Waals surface area contributed by atoms with Crippen molar-refractivity contribution in [1.29, 1.82) is 0 Å². The van der Waals surface area contributed by atoms with Gasteiger partial charge in [0.2, 0.25) is 0 Å². The monoisotopic (exact) mass is 585 g/mol. The molecule has 2 saturated heterocycles. The highest BCUT2D eigenvalue weighted by Gasteiger charge is 2.71. The van der Waals surface area contributed by atoms with Crippen LogP contribution in [0.25, 0.3) is 0 Å². The fourth-order valence-electron chi connectivity index (χ4n) is 12.3. The van der Waals surface area contributed by atoms with Crippen LogP contribution in [0.5, 0.6) is 0 Å². The van der Waals surface area contributed by atoms with Gasteiger partial charge in [-0.2, -0.15) is 0 Å². The third-order valence-corrected chi connectivity index (χ3v) is 14.0. The Labute approximate surface area is 253 Å². The number of fused-ring (bicyclic) bond motifs is 5. The molecule has 4 saturated carbocycles. The zero-order valence-electron chi connectivity index (χ0n) is 26.8. The normalized spacial score (nSPS) is 45.4. The summed E-state index contributed by atoms with van der Waals surface area (Å²) in [6.45, 7) is 17.3. The maximum Gasteiger partial charge on any atom is 0.303 e. The average Bonchev–Trinajstić information content (AvgIpc) is 3.54. The van der Waals surface area contributed by atoms with Crippen molar-refractivity contribution in [2.24, 2.45) is 34.5 Å². The summed E-state index contributed by atoms with van der Waals surface area (Å²) in [4.78, 5) is 27.5. The van der Waals surface area contributed by atoms with Gasteiger partial charge < -0.3 is 14.6 Å². The maximum atomic E-state index is 12.8. The Morgan fingerprint density at radius 2 is 1.55 bits per heavy atom. The highest BCUT2D eigenvalue weighted by molar-refractivity contribution is 5.66. The Balaban J connectivity index is 1.42. The molecule has 0 aromatic rings. The van der Waals surface area contributed by atoms with Gasteiger partial charge in [-0.25, -0.2) is 4.90 Å². The summed E-state index contributed by atoms with van der Waals surface area (Å²) in [6.07, 6.45) is 14.6. The van der Waals surface area contributed by atoms with Crippen LogP contribution in [0.2, 0.25) is 0 Å². The first-order valence-electron chi connectivity index (χ1n) is 17.2. The van der Waals surface area contributed by atoms with Crippen LogP contribution in [0.15, 0.2) is 12.7 Å². The molecule has 6 fully saturated rings. The van der Waals surface area contributed by atoms with Crippen LogP contribution in [0.3, 0.4) is 0 Å². The Morgan fingerprint density at radius 1 is 0.905 bits per heavy atom.